The second-order valence-electron chi connectivity index (χ2n) is 7.66. The summed E-state index contributed by atoms with van der Waals surface area (Å²) in [5.41, 5.74) is 1.03. The molecule has 7 nitrogen and oxygen atoms in total. The number of carbonyl (C=O) groups is 1. The molecule has 0 spiro atoms. The van der Waals surface area contributed by atoms with Gasteiger partial charge in [0.25, 0.3) is 0 Å². The number of aryl methyl sites for hydroxylation is 2. The number of hydrogen-bond donors (Lipinski definition) is 2. The summed E-state index contributed by atoms with van der Waals surface area (Å²) in [5.74, 6) is -0.258. The maximum Gasteiger partial charge on any atom is 0.246 e. The molecule has 3 rings (SSSR count). The first kappa shape index (κ1) is 19.4. The van der Waals surface area contributed by atoms with Gasteiger partial charge < -0.3 is 5.32 Å². The number of H-pyrrole nitrogens is 1. The van der Waals surface area contributed by atoms with Gasteiger partial charge in [-0.05, 0) is 39.5 Å². The molecule has 1 aromatic heterocycles. The lowest BCUT2D eigenvalue weighted by Gasteiger charge is -2.32. The molecule has 146 valence electrons. The third kappa shape index (κ3) is 4.11. The van der Waals surface area contributed by atoms with Gasteiger partial charge in [-0.1, -0.05) is 25.7 Å². The van der Waals surface area contributed by atoms with E-state index >= 15 is 0 Å². The SMILES string of the molecule is Cc1n[nH]c(C)c1S(=O)(=O)N1CCCC(C(=O)NC2CCCCCC2)C1. The Balaban J connectivity index is 1.68. The Morgan fingerprint density at radius 1 is 1.12 bits per heavy atom. The number of aromatic nitrogens is 2. The Hall–Kier alpha value is -1.41. The van der Waals surface area contributed by atoms with Crippen LogP contribution in [-0.4, -0.2) is 48.0 Å². The van der Waals surface area contributed by atoms with Crippen molar-refractivity contribution in [2.75, 3.05) is 13.1 Å². The summed E-state index contributed by atoms with van der Waals surface area (Å²) in [4.78, 5) is 13.0. The third-order valence-corrected chi connectivity index (χ3v) is 7.74. The average molecular weight is 383 g/mol. The van der Waals surface area contributed by atoms with Crippen LogP contribution >= 0.6 is 0 Å². The quantitative estimate of drug-likeness (QED) is 0.781. The van der Waals surface area contributed by atoms with E-state index in [1.54, 1.807) is 13.8 Å². The van der Waals surface area contributed by atoms with Crippen LogP contribution in [0.2, 0.25) is 0 Å². The molecule has 1 aliphatic carbocycles. The minimum Gasteiger partial charge on any atom is -0.353 e. The molecule has 1 saturated heterocycles. The number of amides is 1. The summed E-state index contributed by atoms with van der Waals surface area (Å²) in [7, 11) is -3.63. The zero-order valence-corrected chi connectivity index (χ0v) is 16.6. The van der Waals surface area contributed by atoms with Crippen molar-refractivity contribution in [3.05, 3.63) is 11.4 Å². The third-order valence-electron chi connectivity index (χ3n) is 5.61. The van der Waals surface area contributed by atoms with E-state index in [1.165, 1.54) is 17.1 Å². The van der Waals surface area contributed by atoms with Crippen LogP contribution in [0.3, 0.4) is 0 Å². The van der Waals surface area contributed by atoms with Crippen LogP contribution in [0.4, 0.5) is 0 Å². The van der Waals surface area contributed by atoms with Crippen molar-refractivity contribution in [1.82, 2.24) is 19.8 Å². The standard InChI is InChI=1S/C18H30N4O3S/c1-13-17(14(2)21-20-13)26(24,25)22-11-7-8-15(12-22)18(23)19-16-9-5-3-4-6-10-16/h15-16H,3-12H2,1-2H3,(H,19,23)(H,20,21). The van der Waals surface area contributed by atoms with Crippen LogP contribution in [0, 0.1) is 19.8 Å². The molecule has 1 aliphatic heterocycles. The Labute approximate surface area is 156 Å². The maximum absolute atomic E-state index is 13.0. The molecular formula is C18H30N4O3S. The van der Waals surface area contributed by atoms with Crippen molar-refractivity contribution < 1.29 is 13.2 Å². The van der Waals surface area contributed by atoms with Crippen LogP contribution in [0.1, 0.15) is 62.8 Å². The van der Waals surface area contributed by atoms with Crippen LogP contribution in [0.5, 0.6) is 0 Å². The zero-order chi connectivity index (χ0) is 18.7. The molecule has 0 aromatic carbocycles. The fourth-order valence-electron chi connectivity index (χ4n) is 4.17. The first-order valence-electron chi connectivity index (χ1n) is 9.71. The van der Waals surface area contributed by atoms with Crippen LogP contribution in [0.15, 0.2) is 4.90 Å². The molecule has 0 bridgehead atoms. The van der Waals surface area contributed by atoms with Gasteiger partial charge in [-0.15, -0.1) is 0 Å². The second kappa shape index (κ2) is 8.08. The highest BCUT2D eigenvalue weighted by Gasteiger charge is 2.36. The summed E-state index contributed by atoms with van der Waals surface area (Å²) >= 11 is 0. The fraction of sp³-hybridized carbons (Fsp3) is 0.778. The van der Waals surface area contributed by atoms with E-state index in [-0.39, 0.29) is 29.3 Å². The minimum atomic E-state index is -3.63. The second-order valence-corrected chi connectivity index (χ2v) is 9.54. The molecule has 1 amide bonds. The van der Waals surface area contributed by atoms with Gasteiger partial charge in [-0.25, -0.2) is 8.42 Å². The number of nitrogens with zero attached hydrogens (tertiary/aromatic N) is 2. The maximum atomic E-state index is 13.0. The minimum absolute atomic E-state index is 0.0115. The van der Waals surface area contributed by atoms with Crippen molar-refractivity contribution in [1.29, 1.82) is 0 Å². The molecule has 2 fully saturated rings. The van der Waals surface area contributed by atoms with E-state index in [9.17, 15) is 13.2 Å². The number of nitrogens with one attached hydrogen (secondary N) is 2. The Kier molecular flexibility index (Phi) is 6.02. The van der Waals surface area contributed by atoms with Crippen LogP contribution < -0.4 is 5.32 Å². The molecule has 26 heavy (non-hydrogen) atoms. The molecular weight excluding hydrogens is 352 g/mol. The summed E-state index contributed by atoms with van der Waals surface area (Å²) in [5, 5.41) is 9.93. The Bertz CT molecular complexity index is 716. The molecule has 1 unspecified atom stereocenters. The molecule has 1 atom stereocenters. The molecule has 2 aliphatic rings. The predicted octanol–water partition coefficient (Wildman–Crippen LogP) is 2.27. The summed E-state index contributed by atoms with van der Waals surface area (Å²) < 4.78 is 27.5. The molecule has 1 aromatic rings. The van der Waals surface area contributed by atoms with E-state index in [0.29, 0.717) is 24.4 Å². The van der Waals surface area contributed by atoms with Gasteiger partial charge in [-0.2, -0.15) is 9.40 Å². The van der Waals surface area contributed by atoms with Gasteiger partial charge in [0.1, 0.15) is 4.90 Å². The molecule has 2 heterocycles. The van der Waals surface area contributed by atoms with E-state index in [4.69, 9.17) is 0 Å². The van der Waals surface area contributed by atoms with Gasteiger partial charge in [0.05, 0.1) is 17.3 Å². The Morgan fingerprint density at radius 3 is 2.42 bits per heavy atom. The highest BCUT2D eigenvalue weighted by Crippen LogP contribution is 2.27. The molecule has 8 heteroatoms. The van der Waals surface area contributed by atoms with Gasteiger partial charge in [-0.3, -0.25) is 9.89 Å². The first-order chi connectivity index (χ1) is 12.4. The van der Waals surface area contributed by atoms with Gasteiger partial charge in [0, 0.05) is 19.1 Å². The van der Waals surface area contributed by atoms with E-state index < -0.39 is 10.0 Å². The smallest absolute Gasteiger partial charge is 0.246 e. The van der Waals surface area contributed by atoms with Crippen molar-refractivity contribution >= 4 is 15.9 Å². The number of rotatable bonds is 4. The number of piperidine rings is 1. The van der Waals surface area contributed by atoms with Crippen molar-refractivity contribution in [3.63, 3.8) is 0 Å². The number of hydrogen-bond acceptors (Lipinski definition) is 4. The highest BCUT2D eigenvalue weighted by atomic mass is 32.2. The van der Waals surface area contributed by atoms with Crippen molar-refractivity contribution in [3.8, 4) is 0 Å². The van der Waals surface area contributed by atoms with E-state index in [1.807, 2.05) is 0 Å². The Morgan fingerprint density at radius 2 is 1.81 bits per heavy atom. The highest BCUT2D eigenvalue weighted by molar-refractivity contribution is 7.89. The van der Waals surface area contributed by atoms with Crippen molar-refractivity contribution in [2.24, 2.45) is 5.92 Å². The molecule has 2 N–H and O–H groups in total. The summed E-state index contributed by atoms with van der Waals surface area (Å²) in [6.07, 6.45) is 8.33. The summed E-state index contributed by atoms with van der Waals surface area (Å²) in [6, 6.07) is 0.246. The van der Waals surface area contributed by atoms with Gasteiger partial charge >= 0.3 is 0 Å². The summed E-state index contributed by atoms with van der Waals surface area (Å²) in [6.45, 7) is 4.12. The van der Waals surface area contributed by atoms with Gasteiger partial charge in [0.2, 0.25) is 15.9 Å². The number of sulfonamides is 1. The van der Waals surface area contributed by atoms with Gasteiger partial charge in [0.15, 0.2) is 0 Å². The zero-order valence-electron chi connectivity index (χ0n) is 15.8. The largest absolute Gasteiger partial charge is 0.353 e. The first-order valence-corrected chi connectivity index (χ1v) is 11.2. The van der Waals surface area contributed by atoms with Crippen molar-refractivity contribution in [2.45, 2.75) is 76.2 Å². The van der Waals surface area contributed by atoms with Crippen LogP contribution in [-0.2, 0) is 14.8 Å². The topological polar surface area (TPSA) is 95.2 Å². The lowest BCUT2D eigenvalue weighted by molar-refractivity contribution is -0.126. The monoisotopic (exact) mass is 382 g/mol. The number of carbonyl (C=O) groups excluding carboxylic acids is 1. The number of aromatic amines is 1. The van der Waals surface area contributed by atoms with E-state index in [0.717, 1.165) is 32.1 Å². The molecule has 1 saturated carbocycles. The molecule has 0 radical (unpaired) electrons. The average Bonchev–Trinajstić information content (AvgIpc) is 2.81. The normalized spacial score (nSPS) is 23.5. The lowest BCUT2D eigenvalue weighted by atomic mass is 9.97. The lowest BCUT2D eigenvalue weighted by Crippen LogP contribution is -2.47. The van der Waals surface area contributed by atoms with Crippen LogP contribution in [0.25, 0.3) is 0 Å². The fourth-order valence-corrected chi connectivity index (χ4v) is 6.02. The predicted molar refractivity (Wildman–Crippen MR) is 99.2 cm³/mol. The van der Waals surface area contributed by atoms with E-state index in [2.05, 4.69) is 15.5 Å².